The van der Waals surface area contributed by atoms with E-state index in [9.17, 15) is 9.90 Å². The number of fused-ring (bicyclic) bond motifs is 2. The van der Waals surface area contributed by atoms with Crippen LogP contribution in [-0.2, 0) is 4.79 Å². The monoisotopic (exact) mass is 231 g/mol. The number of aromatic hydroxyl groups is 1. The molecule has 1 aromatic carbocycles. The maximum absolute atomic E-state index is 12.1. The number of anilines is 1. The van der Waals surface area contributed by atoms with Crippen LogP contribution in [0.25, 0.3) is 0 Å². The van der Waals surface area contributed by atoms with Crippen molar-refractivity contribution in [3.05, 3.63) is 24.3 Å². The number of rotatable bonds is 2. The minimum absolute atomic E-state index is 0.128. The fourth-order valence-electron chi connectivity index (χ4n) is 3.38. The number of carbonyl (C=O) groups excluding carboxylic acids is 1. The quantitative estimate of drug-likeness (QED) is 0.822. The van der Waals surface area contributed by atoms with E-state index >= 15 is 0 Å². The Morgan fingerprint density at radius 1 is 1.29 bits per heavy atom. The lowest BCUT2D eigenvalue weighted by atomic mass is 9.88. The molecular weight excluding hydrogens is 214 g/mol. The van der Waals surface area contributed by atoms with Crippen LogP contribution in [-0.4, -0.2) is 11.0 Å². The van der Waals surface area contributed by atoms with Crippen LogP contribution < -0.4 is 5.32 Å². The first-order chi connectivity index (χ1) is 8.22. The third-order valence-corrected chi connectivity index (χ3v) is 4.19. The predicted molar refractivity (Wildman–Crippen MR) is 65.7 cm³/mol. The van der Waals surface area contributed by atoms with Gasteiger partial charge in [-0.1, -0.05) is 12.5 Å². The zero-order valence-electron chi connectivity index (χ0n) is 9.73. The van der Waals surface area contributed by atoms with Gasteiger partial charge >= 0.3 is 0 Å². The predicted octanol–water partition coefficient (Wildman–Crippen LogP) is 2.77. The lowest BCUT2D eigenvalue weighted by Gasteiger charge is -2.20. The zero-order valence-corrected chi connectivity index (χ0v) is 9.73. The summed E-state index contributed by atoms with van der Waals surface area (Å²) in [5.74, 6) is 1.88. The van der Waals surface area contributed by atoms with Crippen LogP contribution in [0.2, 0.25) is 0 Å². The van der Waals surface area contributed by atoms with Crippen LogP contribution in [0.1, 0.15) is 25.7 Å². The summed E-state index contributed by atoms with van der Waals surface area (Å²) in [7, 11) is 0. The molecule has 3 nitrogen and oxygen atoms in total. The maximum atomic E-state index is 12.1. The van der Waals surface area contributed by atoms with Gasteiger partial charge < -0.3 is 10.4 Å². The minimum Gasteiger partial charge on any atom is -0.508 e. The Bertz CT molecular complexity index is 444. The van der Waals surface area contributed by atoms with Crippen molar-refractivity contribution in [3.8, 4) is 5.75 Å². The SMILES string of the molecule is O=C(Nc1cccc(O)c1)C1CC2CCC1C2. The van der Waals surface area contributed by atoms with Gasteiger partial charge in [0.25, 0.3) is 0 Å². The van der Waals surface area contributed by atoms with E-state index in [1.165, 1.54) is 19.3 Å². The van der Waals surface area contributed by atoms with Crippen molar-refractivity contribution < 1.29 is 9.90 Å². The van der Waals surface area contributed by atoms with E-state index in [1.807, 2.05) is 6.07 Å². The van der Waals surface area contributed by atoms with E-state index in [4.69, 9.17) is 0 Å². The summed E-state index contributed by atoms with van der Waals surface area (Å²) < 4.78 is 0. The van der Waals surface area contributed by atoms with Gasteiger partial charge in [-0.05, 0) is 43.2 Å². The molecule has 0 spiro atoms. The van der Waals surface area contributed by atoms with Crippen molar-refractivity contribution in [2.45, 2.75) is 25.7 Å². The number of benzene rings is 1. The number of nitrogens with one attached hydrogen (secondary N) is 1. The summed E-state index contributed by atoms with van der Waals surface area (Å²) in [5, 5.41) is 12.3. The van der Waals surface area contributed by atoms with Crippen LogP contribution >= 0.6 is 0 Å². The average Bonchev–Trinajstić information content (AvgIpc) is 2.90. The fourth-order valence-corrected chi connectivity index (χ4v) is 3.38. The molecule has 0 saturated heterocycles. The molecule has 3 rings (SSSR count). The van der Waals surface area contributed by atoms with Gasteiger partial charge in [-0.25, -0.2) is 0 Å². The molecule has 3 unspecified atom stereocenters. The molecule has 2 saturated carbocycles. The van der Waals surface area contributed by atoms with Crippen molar-refractivity contribution in [2.24, 2.45) is 17.8 Å². The van der Waals surface area contributed by atoms with Crippen LogP contribution in [0.5, 0.6) is 5.75 Å². The second-order valence-corrected chi connectivity index (χ2v) is 5.32. The standard InChI is InChI=1S/C14H17NO2/c16-12-3-1-2-11(8-12)15-14(17)13-7-9-4-5-10(13)6-9/h1-3,8-10,13,16H,4-7H2,(H,15,17). The maximum Gasteiger partial charge on any atom is 0.227 e. The van der Waals surface area contributed by atoms with Crippen LogP contribution in [0.4, 0.5) is 5.69 Å². The van der Waals surface area contributed by atoms with E-state index < -0.39 is 0 Å². The lowest BCUT2D eigenvalue weighted by Crippen LogP contribution is -2.27. The van der Waals surface area contributed by atoms with Crippen molar-refractivity contribution >= 4 is 11.6 Å². The summed E-state index contributed by atoms with van der Waals surface area (Å²) in [4.78, 5) is 12.1. The largest absolute Gasteiger partial charge is 0.508 e. The normalized spacial score (nSPS) is 30.5. The molecule has 0 aromatic heterocycles. The van der Waals surface area contributed by atoms with Crippen LogP contribution in [0.3, 0.4) is 0 Å². The molecule has 1 amide bonds. The van der Waals surface area contributed by atoms with Gasteiger partial charge in [0, 0.05) is 17.7 Å². The molecule has 90 valence electrons. The molecule has 3 heteroatoms. The average molecular weight is 231 g/mol. The summed E-state index contributed by atoms with van der Waals surface area (Å²) in [6, 6.07) is 6.74. The van der Waals surface area contributed by atoms with E-state index in [0.29, 0.717) is 11.6 Å². The Morgan fingerprint density at radius 2 is 2.18 bits per heavy atom. The summed E-state index contributed by atoms with van der Waals surface area (Å²) >= 11 is 0. The molecule has 0 heterocycles. The van der Waals surface area contributed by atoms with E-state index in [-0.39, 0.29) is 17.6 Å². The van der Waals surface area contributed by atoms with Crippen molar-refractivity contribution in [1.29, 1.82) is 0 Å². The van der Waals surface area contributed by atoms with E-state index in [1.54, 1.807) is 18.2 Å². The second kappa shape index (κ2) is 4.06. The Balaban J connectivity index is 1.68. The molecular formula is C14H17NO2. The number of phenols is 1. The molecule has 17 heavy (non-hydrogen) atoms. The van der Waals surface area contributed by atoms with Crippen molar-refractivity contribution in [3.63, 3.8) is 0 Å². The first-order valence-corrected chi connectivity index (χ1v) is 6.32. The van der Waals surface area contributed by atoms with Gasteiger partial charge in [0.2, 0.25) is 5.91 Å². The van der Waals surface area contributed by atoms with Gasteiger partial charge in [0.1, 0.15) is 5.75 Å². The number of amides is 1. The first kappa shape index (κ1) is 10.6. The van der Waals surface area contributed by atoms with Crippen LogP contribution in [0.15, 0.2) is 24.3 Å². The topological polar surface area (TPSA) is 49.3 Å². The highest BCUT2D eigenvalue weighted by molar-refractivity contribution is 5.93. The van der Waals surface area contributed by atoms with Crippen molar-refractivity contribution in [2.75, 3.05) is 5.32 Å². The smallest absolute Gasteiger partial charge is 0.227 e. The van der Waals surface area contributed by atoms with Crippen molar-refractivity contribution in [1.82, 2.24) is 0 Å². The Labute approximate surface area is 101 Å². The number of hydrogen-bond donors (Lipinski definition) is 2. The van der Waals surface area contributed by atoms with Gasteiger partial charge in [0.15, 0.2) is 0 Å². The number of carbonyl (C=O) groups is 1. The third kappa shape index (κ3) is 2.02. The zero-order chi connectivity index (χ0) is 11.8. The summed E-state index contributed by atoms with van der Waals surface area (Å²) in [5.41, 5.74) is 0.692. The van der Waals surface area contributed by atoms with Crippen LogP contribution in [0, 0.1) is 17.8 Å². The molecule has 0 aliphatic heterocycles. The van der Waals surface area contributed by atoms with E-state index in [0.717, 1.165) is 12.3 Å². The third-order valence-electron chi connectivity index (χ3n) is 4.19. The highest BCUT2D eigenvalue weighted by Gasteiger charge is 2.42. The van der Waals surface area contributed by atoms with Gasteiger partial charge in [-0.2, -0.15) is 0 Å². The molecule has 1 aromatic rings. The number of phenolic OH excluding ortho intramolecular Hbond substituents is 1. The molecule has 2 fully saturated rings. The lowest BCUT2D eigenvalue weighted by molar-refractivity contribution is -0.121. The summed E-state index contributed by atoms with van der Waals surface area (Å²) in [6.45, 7) is 0. The Morgan fingerprint density at radius 3 is 2.82 bits per heavy atom. The highest BCUT2D eigenvalue weighted by Crippen LogP contribution is 2.48. The molecule has 3 atom stereocenters. The molecule has 2 aliphatic rings. The highest BCUT2D eigenvalue weighted by atomic mass is 16.3. The van der Waals surface area contributed by atoms with Gasteiger partial charge in [0.05, 0.1) is 0 Å². The van der Waals surface area contributed by atoms with E-state index in [2.05, 4.69) is 5.32 Å². The van der Waals surface area contributed by atoms with Gasteiger partial charge in [-0.3, -0.25) is 4.79 Å². The molecule has 0 radical (unpaired) electrons. The summed E-state index contributed by atoms with van der Waals surface area (Å²) in [6.07, 6.45) is 4.80. The Hall–Kier alpha value is -1.51. The molecule has 2 bridgehead atoms. The molecule has 2 N–H and O–H groups in total. The molecule has 2 aliphatic carbocycles. The second-order valence-electron chi connectivity index (χ2n) is 5.32. The number of hydrogen-bond acceptors (Lipinski definition) is 2. The Kier molecular flexibility index (Phi) is 2.54. The van der Waals surface area contributed by atoms with Gasteiger partial charge in [-0.15, -0.1) is 0 Å². The fraction of sp³-hybridized carbons (Fsp3) is 0.500. The first-order valence-electron chi connectivity index (χ1n) is 6.32. The minimum atomic E-state index is 0.128.